The van der Waals surface area contributed by atoms with Gasteiger partial charge in [0.25, 0.3) is 0 Å². The molecular weight excluding hydrogens is 260 g/mol. The molecule has 0 fully saturated rings. The van der Waals surface area contributed by atoms with Gasteiger partial charge in [0.15, 0.2) is 0 Å². The summed E-state index contributed by atoms with van der Waals surface area (Å²) in [7, 11) is 1.82. The summed E-state index contributed by atoms with van der Waals surface area (Å²) >= 11 is 0. The Kier molecular flexibility index (Phi) is 5.38. The van der Waals surface area contributed by atoms with Crippen LogP contribution in [0.15, 0.2) is 60.7 Å². The number of nitrogens with one attached hydrogen (secondary N) is 1. The largest absolute Gasteiger partial charge is 0.331 e. The third-order valence-electron chi connectivity index (χ3n) is 3.52. The summed E-state index contributed by atoms with van der Waals surface area (Å²) in [5.74, 6) is 0. The number of carbonyl (C=O) groups excluding carboxylic acids is 1. The fourth-order valence-corrected chi connectivity index (χ4v) is 2.29. The lowest BCUT2D eigenvalue weighted by molar-refractivity contribution is 0.202. The molecule has 2 aromatic carbocycles. The number of carbonyl (C=O) groups is 1. The Morgan fingerprint density at radius 2 is 1.62 bits per heavy atom. The van der Waals surface area contributed by atoms with E-state index in [9.17, 15) is 4.79 Å². The molecule has 0 aliphatic rings. The second-order valence-corrected chi connectivity index (χ2v) is 5.16. The van der Waals surface area contributed by atoms with E-state index in [1.165, 1.54) is 0 Å². The molecule has 0 saturated carbocycles. The van der Waals surface area contributed by atoms with Crippen molar-refractivity contribution in [3.63, 3.8) is 0 Å². The molecule has 110 valence electrons. The molecule has 0 aliphatic heterocycles. The zero-order valence-corrected chi connectivity index (χ0v) is 12.6. The van der Waals surface area contributed by atoms with E-state index < -0.39 is 0 Å². The molecule has 0 bridgehead atoms. The van der Waals surface area contributed by atoms with Gasteiger partial charge < -0.3 is 10.2 Å². The van der Waals surface area contributed by atoms with Crippen molar-refractivity contribution in [2.75, 3.05) is 7.05 Å². The van der Waals surface area contributed by atoms with Crippen molar-refractivity contribution in [2.24, 2.45) is 0 Å². The van der Waals surface area contributed by atoms with Gasteiger partial charge in [-0.1, -0.05) is 67.6 Å². The first-order chi connectivity index (χ1) is 10.2. The topological polar surface area (TPSA) is 32.3 Å². The number of urea groups is 1. The third-order valence-corrected chi connectivity index (χ3v) is 3.52. The highest BCUT2D eigenvalue weighted by atomic mass is 16.2. The van der Waals surface area contributed by atoms with Crippen molar-refractivity contribution in [3.05, 3.63) is 71.8 Å². The van der Waals surface area contributed by atoms with Crippen molar-refractivity contribution in [1.29, 1.82) is 0 Å². The lowest BCUT2D eigenvalue weighted by Crippen LogP contribution is -2.38. The highest BCUT2D eigenvalue weighted by Crippen LogP contribution is 2.16. The SMILES string of the molecule is CCC(NC(=O)N(C)Cc1ccccc1)c1ccccc1. The quantitative estimate of drug-likeness (QED) is 0.884. The minimum absolute atomic E-state index is 0.0467. The maximum Gasteiger partial charge on any atom is 0.317 e. The van der Waals surface area contributed by atoms with E-state index in [1.54, 1.807) is 4.90 Å². The smallest absolute Gasteiger partial charge is 0.317 e. The van der Waals surface area contributed by atoms with Gasteiger partial charge in [-0.15, -0.1) is 0 Å². The first-order valence-electron chi connectivity index (χ1n) is 7.31. The zero-order chi connectivity index (χ0) is 15.1. The van der Waals surface area contributed by atoms with Crippen LogP contribution in [0.5, 0.6) is 0 Å². The third kappa shape index (κ3) is 4.35. The lowest BCUT2D eigenvalue weighted by Gasteiger charge is -2.23. The zero-order valence-electron chi connectivity index (χ0n) is 12.6. The van der Waals surface area contributed by atoms with Gasteiger partial charge >= 0.3 is 6.03 Å². The molecule has 3 heteroatoms. The number of benzene rings is 2. The van der Waals surface area contributed by atoms with Crippen molar-refractivity contribution in [2.45, 2.75) is 25.9 Å². The monoisotopic (exact) mass is 282 g/mol. The van der Waals surface area contributed by atoms with Crippen LogP contribution < -0.4 is 5.32 Å². The summed E-state index contributed by atoms with van der Waals surface area (Å²) in [5, 5.41) is 3.09. The molecule has 3 nitrogen and oxygen atoms in total. The normalized spacial score (nSPS) is 11.7. The Hall–Kier alpha value is -2.29. The number of nitrogens with zero attached hydrogens (tertiary/aromatic N) is 1. The van der Waals surface area contributed by atoms with E-state index >= 15 is 0 Å². The Balaban J connectivity index is 1.96. The van der Waals surface area contributed by atoms with Crippen LogP contribution in [-0.4, -0.2) is 18.0 Å². The van der Waals surface area contributed by atoms with Crippen LogP contribution in [0.4, 0.5) is 4.79 Å². The molecule has 0 radical (unpaired) electrons. The predicted octanol–water partition coefficient (Wildman–Crippen LogP) is 3.98. The number of hydrogen-bond donors (Lipinski definition) is 1. The molecule has 1 atom stereocenters. The van der Waals surface area contributed by atoms with Crippen molar-refractivity contribution in [1.82, 2.24) is 10.2 Å². The molecule has 0 aromatic heterocycles. The Morgan fingerprint density at radius 3 is 2.19 bits per heavy atom. The van der Waals surface area contributed by atoms with Gasteiger partial charge in [0, 0.05) is 13.6 Å². The van der Waals surface area contributed by atoms with Crippen LogP contribution in [-0.2, 0) is 6.54 Å². The Morgan fingerprint density at radius 1 is 1.05 bits per heavy atom. The second-order valence-electron chi connectivity index (χ2n) is 5.16. The van der Waals surface area contributed by atoms with Gasteiger partial charge in [0.1, 0.15) is 0 Å². The number of rotatable bonds is 5. The minimum atomic E-state index is -0.0467. The van der Waals surface area contributed by atoms with Crippen LogP contribution in [0.25, 0.3) is 0 Å². The van der Waals surface area contributed by atoms with Crippen LogP contribution in [0.3, 0.4) is 0 Å². The molecule has 1 N–H and O–H groups in total. The molecule has 0 aliphatic carbocycles. The molecule has 2 rings (SSSR count). The summed E-state index contributed by atoms with van der Waals surface area (Å²) in [6.07, 6.45) is 0.870. The molecule has 0 heterocycles. The summed E-state index contributed by atoms with van der Waals surface area (Å²) < 4.78 is 0. The molecule has 1 unspecified atom stereocenters. The van der Waals surface area contributed by atoms with E-state index in [-0.39, 0.29) is 12.1 Å². The summed E-state index contributed by atoms with van der Waals surface area (Å²) in [4.78, 5) is 14.0. The van der Waals surface area contributed by atoms with Crippen LogP contribution in [0.1, 0.15) is 30.5 Å². The van der Waals surface area contributed by atoms with Crippen LogP contribution in [0.2, 0.25) is 0 Å². The summed E-state index contributed by atoms with van der Waals surface area (Å²) in [5.41, 5.74) is 2.27. The van der Waals surface area contributed by atoms with E-state index in [0.29, 0.717) is 6.54 Å². The molecule has 2 amide bonds. The number of hydrogen-bond acceptors (Lipinski definition) is 1. The highest BCUT2D eigenvalue weighted by Gasteiger charge is 2.15. The predicted molar refractivity (Wildman–Crippen MR) is 85.9 cm³/mol. The summed E-state index contributed by atoms with van der Waals surface area (Å²) in [6.45, 7) is 2.69. The fraction of sp³-hybridized carbons (Fsp3) is 0.278. The van der Waals surface area contributed by atoms with E-state index in [0.717, 1.165) is 17.5 Å². The average molecular weight is 282 g/mol. The minimum Gasteiger partial charge on any atom is -0.331 e. The average Bonchev–Trinajstić information content (AvgIpc) is 2.54. The molecule has 0 saturated heterocycles. The van der Waals surface area contributed by atoms with Gasteiger partial charge in [-0.05, 0) is 17.5 Å². The highest BCUT2D eigenvalue weighted by molar-refractivity contribution is 5.74. The molecule has 0 spiro atoms. The van der Waals surface area contributed by atoms with Gasteiger partial charge in [-0.25, -0.2) is 4.79 Å². The standard InChI is InChI=1S/C18H22N2O/c1-3-17(16-12-8-5-9-13-16)19-18(21)20(2)14-15-10-6-4-7-11-15/h4-13,17H,3,14H2,1-2H3,(H,19,21). The lowest BCUT2D eigenvalue weighted by atomic mass is 10.1. The van der Waals surface area contributed by atoms with Crippen molar-refractivity contribution >= 4 is 6.03 Å². The molecule has 21 heavy (non-hydrogen) atoms. The van der Waals surface area contributed by atoms with Gasteiger partial charge in [-0.3, -0.25) is 0 Å². The first-order valence-corrected chi connectivity index (χ1v) is 7.31. The molecular formula is C18H22N2O. The van der Waals surface area contributed by atoms with Crippen molar-refractivity contribution in [3.8, 4) is 0 Å². The first kappa shape index (κ1) is 15.1. The number of amides is 2. The summed E-state index contributed by atoms with van der Waals surface area (Å²) in [6, 6.07) is 20.1. The Bertz CT molecular complexity index is 554. The van der Waals surface area contributed by atoms with Gasteiger partial charge in [-0.2, -0.15) is 0 Å². The second kappa shape index (κ2) is 7.48. The maximum atomic E-state index is 12.3. The Labute approximate surface area is 126 Å². The van der Waals surface area contributed by atoms with Gasteiger partial charge in [0.2, 0.25) is 0 Å². The van der Waals surface area contributed by atoms with Crippen LogP contribution >= 0.6 is 0 Å². The van der Waals surface area contributed by atoms with E-state index in [2.05, 4.69) is 12.2 Å². The van der Waals surface area contributed by atoms with Crippen LogP contribution in [0, 0.1) is 0 Å². The van der Waals surface area contributed by atoms with E-state index in [1.807, 2.05) is 67.7 Å². The van der Waals surface area contributed by atoms with E-state index in [4.69, 9.17) is 0 Å². The van der Waals surface area contributed by atoms with Gasteiger partial charge in [0.05, 0.1) is 6.04 Å². The molecule has 2 aromatic rings. The maximum absolute atomic E-state index is 12.3. The van der Waals surface area contributed by atoms with Crippen molar-refractivity contribution < 1.29 is 4.79 Å². The fourth-order valence-electron chi connectivity index (χ4n) is 2.29.